The number of aryl methyl sites for hydroxylation is 2. The zero-order chi connectivity index (χ0) is 24.9. The highest BCUT2D eigenvalue weighted by Crippen LogP contribution is 2.41. The lowest BCUT2D eigenvalue weighted by Gasteiger charge is -2.34. The van der Waals surface area contributed by atoms with E-state index in [9.17, 15) is 13.6 Å². The molecule has 0 N–H and O–H groups in total. The summed E-state index contributed by atoms with van der Waals surface area (Å²) in [6.07, 6.45) is 2.91. The number of benzene rings is 1. The molecule has 1 aliphatic rings. The van der Waals surface area contributed by atoms with Crippen molar-refractivity contribution < 1.29 is 13.5 Å². The molecule has 0 bridgehead atoms. The summed E-state index contributed by atoms with van der Waals surface area (Å²) in [5, 5.41) is 0.359. The topological polar surface area (TPSA) is 69.9 Å². The van der Waals surface area contributed by atoms with Crippen molar-refractivity contribution in [2.45, 2.75) is 51.7 Å². The minimum Gasteiger partial charge on any atom is -0.371 e. The number of rotatable bonds is 3. The van der Waals surface area contributed by atoms with Crippen LogP contribution in [0.25, 0.3) is 22.2 Å². The van der Waals surface area contributed by atoms with Crippen molar-refractivity contribution in [1.82, 2.24) is 19.5 Å². The maximum atomic E-state index is 14.9. The van der Waals surface area contributed by atoms with Gasteiger partial charge in [0.1, 0.15) is 23.0 Å². The number of aromatic nitrogens is 4. The van der Waals surface area contributed by atoms with E-state index in [1.54, 1.807) is 26.2 Å². The molecule has 1 aromatic carbocycles. The van der Waals surface area contributed by atoms with Gasteiger partial charge < -0.3 is 4.74 Å². The van der Waals surface area contributed by atoms with Gasteiger partial charge in [0, 0.05) is 42.2 Å². The normalized spacial score (nSPS) is 20.3. The molecule has 35 heavy (non-hydrogen) atoms. The van der Waals surface area contributed by atoms with Gasteiger partial charge in [0.05, 0.1) is 23.3 Å². The number of hydrogen-bond acceptors (Lipinski definition) is 5. The highest BCUT2D eigenvalue weighted by Gasteiger charge is 2.31. The molecule has 180 valence electrons. The Morgan fingerprint density at radius 2 is 1.86 bits per heavy atom. The van der Waals surface area contributed by atoms with Crippen molar-refractivity contribution >= 4 is 10.9 Å². The van der Waals surface area contributed by atoms with E-state index >= 15 is 0 Å². The molecule has 8 heteroatoms. The molecule has 1 saturated heterocycles. The Labute approximate surface area is 201 Å². The highest BCUT2D eigenvalue weighted by molar-refractivity contribution is 5.91. The first-order valence-corrected chi connectivity index (χ1v) is 11.6. The van der Waals surface area contributed by atoms with Gasteiger partial charge in [0.2, 0.25) is 0 Å². The van der Waals surface area contributed by atoms with E-state index < -0.39 is 11.6 Å². The predicted molar refractivity (Wildman–Crippen MR) is 129 cm³/mol. The first-order chi connectivity index (χ1) is 16.7. The van der Waals surface area contributed by atoms with Crippen LogP contribution in [0.3, 0.4) is 0 Å². The Morgan fingerprint density at radius 1 is 1.06 bits per heavy atom. The Kier molecular flexibility index (Phi) is 5.92. The lowest BCUT2D eigenvalue weighted by Crippen LogP contribution is -2.26. The average molecular weight is 477 g/mol. The van der Waals surface area contributed by atoms with Crippen LogP contribution in [0.5, 0.6) is 0 Å². The number of ether oxygens (including phenoxy) is 1. The molecule has 1 fully saturated rings. The van der Waals surface area contributed by atoms with Crippen LogP contribution in [-0.2, 0) is 11.8 Å². The summed E-state index contributed by atoms with van der Waals surface area (Å²) < 4.78 is 36.2. The lowest BCUT2D eigenvalue weighted by atomic mass is 9.86. The fourth-order valence-electron chi connectivity index (χ4n) is 4.85. The first kappa shape index (κ1) is 23.2. The Morgan fingerprint density at radius 3 is 2.60 bits per heavy atom. The van der Waals surface area contributed by atoms with E-state index in [1.807, 2.05) is 26.0 Å². The molecule has 0 spiro atoms. The Hall–Kier alpha value is -3.52. The van der Waals surface area contributed by atoms with E-state index in [4.69, 9.17) is 9.72 Å². The second kappa shape index (κ2) is 8.92. The standard InChI is InChI=1S/C27H26F2N4O2/c1-14-9-17(7-8-30-14)24-11-18(10-15(2)35-24)23-13-21-26(31-16(3)33(4)27(21)34)25(32-23)20-6-5-19(28)12-22(20)29/h5-9,12-13,15,18,24H,10-11H2,1-4H3/t15-,18+,24-/m1/s1. The van der Waals surface area contributed by atoms with E-state index in [1.165, 1.54) is 16.7 Å². The third kappa shape index (κ3) is 4.34. The molecule has 5 rings (SSSR count). The summed E-state index contributed by atoms with van der Waals surface area (Å²) >= 11 is 0. The van der Waals surface area contributed by atoms with Crippen LogP contribution in [0, 0.1) is 25.5 Å². The molecule has 6 nitrogen and oxygen atoms in total. The fraction of sp³-hybridized carbons (Fsp3) is 0.333. The largest absolute Gasteiger partial charge is 0.371 e. The minimum absolute atomic E-state index is 0.0325. The number of fused-ring (bicyclic) bond motifs is 1. The monoisotopic (exact) mass is 476 g/mol. The van der Waals surface area contributed by atoms with Gasteiger partial charge in [0.15, 0.2) is 0 Å². The molecule has 3 aromatic heterocycles. The number of pyridine rings is 2. The van der Waals surface area contributed by atoms with Crippen molar-refractivity contribution in [2.75, 3.05) is 0 Å². The summed E-state index contributed by atoms with van der Waals surface area (Å²) in [5.74, 6) is -0.981. The average Bonchev–Trinajstić information content (AvgIpc) is 2.82. The number of hydrogen-bond donors (Lipinski definition) is 0. The smallest absolute Gasteiger partial charge is 0.261 e. The van der Waals surface area contributed by atoms with Gasteiger partial charge in [-0.1, -0.05) is 0 Å². The van der Waals surface area contributed by atoms with Crippen molar-refractivity contribution in [1.29, 1.82) is 0 Å². The van der Waals surface area contributed by atoms with Gasteiger partial charge in [-0.3, -0.25) is 19.3 Å². The van der Waals surface area contributed by atoms with Crippen molar-refractivity contribution in [3.05, 3.63) is 87.4 Å². The molecule has 0 amide bonds. The van der Waals surface area contributed by atoms with Crippen molar-refractivity contribution in [3.8, 4) is 11.3 Å². The summed E-state index contributed by atoms with van der Waals surface area (Å²) in [5.41, 5.74) is 3.04. The predicted octanol–water partition coefficient (Wildman–Crippen LogP) is 5.31. The Bertz CT molecular complexity index is 1500. The van der Waals surface area contributed by atoms with Crippen LogP contribution in [-0.4, -0.2) is 25.6 Å². The third-order valence-electron chi connectivity index (χ3n) is 6.72. The summed E-state index contributed by atoms with van der Waals surface area (Å²) in [4.78, 5) is 26.9. The summed E-state index contributed by atoms with van der Waals surface area (Å²) in [6.45, 7) is 5.66. The molecule has 4 heterocycles. The molecule has 0 saturated carbocycles. The van der Waals surface area contributed by atoms with E-state index in [-0.39, 0.29) is 34.9 Å². The lowest BCUT2D eigenvalue weighted by molar-refractivity contribution is -0.0506. The van der Waals surface area contributed by atoms with Crippen LogP contribution in [0.2, 0.25) is 0 Å². The maximum absolute atomic E-state index is 14.9. The number of nitrogens with zero attached hydrogens (tertiary/aromatic N) is 4. The minimum atomic E-state index is -0.749. The molecule has 0 unspecified atom stereocenters. The van der Waals surface area contributed by atoms with Crippen LogP contribution in [0.4, 0.5) is 8.78 Å². The Balaban J connectivity index is 1.68. The second-order valence-electron chi connectivity index (χ2n) is 9.27. The van der Waals surface area contributed by atoms with Gasteiger partial charge in [-0.2, -0.15) is 0 Å². The van der Waals surface area contributed by atoms with Crippen LogP contribution >= 0.6 is 0 Å². The maximum Gasteiger partial charge on any atom is 0.261 e. The summed E-state index contributed by atoms with van der Waals surface area (Å²) in [6, 6.07) is 9.08. The molecular formula is C27H26F2N4O2. The first-order valence-electron chi connectivity index (χ1n) is 11.6. The third-order valence-corrected chi connectivity index (χ3v) is 6.72. The molecule has 0 radical (unpaired) electrons. The quantitative estimate of drug-likeness (QED) is 0.401. The SMILES string of the molecule is Cc1cc([C@H]2C[C@@H](c3cc4c(=O)n(C)c(C)nc4c(-c4ccc(F)cc4F)n3)C[C@@H](C)O2)ccn1. The van der Waals surface area contributed by atoms with Gasteiger partial charge in [-0.15, -0.1) is 0 Å². The molecule has 3 atom stereocenters. The molecular weight excluding hydrogens is 450 g/mol. The van der Waals surface area contributed by atoms with Crippen LogP contribution in [0.1, 0.15) is 54.6 Å². The zero-order valence-corrected chi connectivity index (χ0v) is 20.0. The van der Waals surface area contributed by atoms with E-state index in [2.05, 4.69) is 9.97 Å². The van der Waals surface area contributed by atoms with Crippen LogP contribution in [0.15, 0.2) is 47.4 Å². The van der Waals surface area contributed by atoms with E-state index in [0.717, 1.165) is 17.3 Å². The highest BCUT2D eigenvalue weighted by atomic mass is 19.1. The molecule has 0 aliphatic carbocycles. The van der Waals surface area contributed by atoms with Crippen molar-refractivity contribution in [2.24, 2.45) is 7.05 Å². The van der Waals surface area contributed by atoms with Gasteiger partial charge in [0.25, 0.3) is 5.56 Å². The number of halogens is 2. The van der Waals surface area contributed by atoms with Crippen molar-refractivity contribution in [3.63, 3.8) is 0 Å². The van der Waals surface area contributed by atoms with E-state index in [0.29, 0.717) is 35.3 Å². The zero-order valence-electron chi connectivity index (χ0n) is 20.0. The molecule has 1 aliphatic heterocycles. The van der Waals surface area contributed by atoms with Gasteiger partial charge in [-0.05, 0) is 69.5 Å². The fourth-order valence-corrected chi connectivity index (χ4v) is 4.85. The second-order valence-corrected chi connectivity index (χ2v) is 9.27. The molecule has 4 aromatic rings. The van der Waals surface area contributed by atoms with Crippen LogP contribution < -0.4 is 5.56 Å². The van der Waals surface area contributed by atoms with Gasteiger partial charge in [-0.25, -0.2) is 13.8 Å². The van der Waals surface area contributed by atoms with Gasteiger partial charge >= 0.3 is 0 Å². The summed E-state index contributed by atoms with van der Waals surface area (Å²) in [7, 11) is 1.65.